The van der Waals surface area contributed by atoms with Gasteiger partial charge < -0.3 is 10.6 Å². The second-order valence-electron chi connectivity index (χ2n) is 6.26. The van der Waals surface area contributed by atoms with Crippen LogP contribution in [0.15, 0.2) is 41.6 Å². The van der Waals surface area contributed by atoms with Crippen LogP contribution in [0, 0.1) is 5.92 Å². The summed E-state index contributed by atoms with van der Waals surface area (Å²) in [4.78, 5) is 20.3. The van der Waals surface area contributed by atoms with Crippen LogP contribution in [0.5, 0.6) is 0 Å². The van der Waals surface area contributed by atoms with Gasteiger partial charge >= 0.3 is 0 Å². The Morgan fingerprint density at radius 1 is 1.19 bits per heavy atom. The highest BCUT2D eigenvalue weighted by atomic mass is 32.2. The number of sulfonamides is 1. The van der Waals surface area contributed by atoms with Gasteiger partial charge in [-0.05, 0) is 30.0 Å². The van der Waals surface area contributed by atoms with Gasteiger partial charge in [0.05, 0.1) is 4.90 Å². The Labute approximate surface area is 153 Å². The highest BCUT2D eigenvalue weighted by Gasteiger charge is 2.09. The molecule has 9 heteroatoms. The second kappa shape index (κ2) is 8.72. The molecule has 0 saturated carbocycles. The quantitative estimate of drug-likeness (QED) is 0.633. The van der Waals surface area contributed by atoms with Crippen molar-refractivity contribution in [2.75, 3.05) is 18.4 Å². The molecule has 4 N–H and O–H groups in total. The number of hydrogen-bond donors (Lipinski definition) is 3. The topological polar surface area (TPSA) is 127 Å². The normalized spacial score (nSPS) is 11.4. The molecule has 0 bridgehead atoms. The predicted molar refractivity (Wildman–Crippen MR) is 99.2 cm³/mol. The van der Waals surface area contributed by atoms with Gasteiger partial charge in [-0.2, -0.15) is 0 Å². The van der Waals surface area contributed by atoms with Crippen LogP contribution in [0.3, 0.4) is 0 Å². The van der Waals surface area contributed by atoms with Gasteiger partial charge in [-0.1, -0.05) is 26.0 Å². The number of carbonyl (C=O) groups excluding carboxylic acids is 1. The van der Waals surface area contributed by atoms with E-state index in [1.807, 2.05) is 0 Å². The van der Waals surface area contributed by atoms with Gasteiger partial charge in [0.25, 0.3) is 5.91 Å². The van der Waals surface area contributed by atoms with Crippen LogP contribution < -0.4 is 15.8 Å². The monoisotopic (exact) mass is 377 g/mol. The first-order chi connectivity index (χ1) is 12.3. The fourth-order valence-electron chi connectivity index (χ4n) is 2.14. The van der Waals surface area contributed by atoms with Crippen LogP contribution in [0.25, 0.3) is 0 Å². The minimum absolute atomic E-state index is 0.0627. The van der Waals surface area contributed by atoms with Crippen LogP contribution in [0.2, 0.25) is 0 Å². The molecule has 0 fully saturated rings. The van der Waals surface area contributed by atoms with Crippen molar-refractivity contribution >= 4 is 21.7 Å². The van der Waals surface area contributed by atoms with Crippen molar-refractivity contribution < 1.29 is 13.2 Å². The number of nitrogens with two attached hydrogens (primary N) is 1. The van der Waals surface area contributed by atoms with Crippen molar-refractivity contribution in [1.82, 2.24) is 15.3 Å². The molecule has 26 heavy (non-hydrogen) atoms. The Hall–Kier alpha value is -2.52. The second-order valence-corrected chi connectivity index (χ2v) is 7.82. The first-order valence-electron chi connectivity index (χ1n) is 8.21. The number of carbonyl (C=O) groups is 1. The summed E-state index contributed by atoms with van der Waals surface area (Å²) in [5.41, 5.74) is 1.18. The lowest BCUT2D eigenvalue weighted by molar-refractivity contribution is 0.0949. The number of aromatic nitrogens is 2. The highest BCUT2D eigenvalue weighted by molar-refractivity contribution is 7.89. The van der Waals surface area contributed by atoms with Crippen molar-refractivity contribution in [3.8, 4) is 0 Å². The summed E-state index contributed by atoms with van der Waals surface area (Å²) >= 11 is 0. The van der Waals surface area contributed by atoms with E-state index in [-0.39, 0.29) is 16.5 Å². The van der Waals surface area contributed by atoms with Crippen LogP contribution >= 0.6 is 0 Å². The van der Waals surface area contributed by atoms with Gasteiger partial charge in [0.15, 0.2) is 0 Å². The number of hydrogen-bond acceptors (Lipinski definition) is 6. The molecule has 140 valence electrons. The lowest BCUT2D eigenvalue weighted by Crippen LogP contribution is -2.26. The van der Waals surface area contributed by atoms with E-state index in [0.717, 1.165) is 12.1 Å². The number of rotatable bonds is 8. The Balaban J connectivity index is 1.88. The van der Waals surface area contributed by atoms with Crippen molar-refractivity contribution in [3.05, 3.63) is 47.9 Å². The van der Waals surface area contributed by atoms with E-state index in [0.29, 0.717) is 24.7 Å². The zero-order chi connectivity index (χ0) is 19.2. The first kappa shape index (κ1) is 19.8. The highest BCUT2D eigenvalue weighted by Crippen LogP contribution is 2.09. The molecule has 0 aliphatic carbocycles. The number of anilines is 1. The summed E-state index contributed by atoms with van der Waals surface area (Å²) in [5.74, 6) is 0.779. The van der Waals surface area contributed by atoms with Gasteiger partial charge in [0, 0.05) is 19.2 Å². The lowest BCUT2D eigenvalue weighted by Gasteiger charge is -2.09. The van der Waals surface area contributed by atoms with E-state index < -0.39 is 10.0 Å². The summed E-state index contributed by atoms with van der Waals surface area (Å²) in [6, 6.07) is 7.85. The Kier molecular flexibility index (Phi) is 6.64. The smallest absolute Gasteiger partial charge is 0.270 e. The fourth-order valence-corrected chi connectivity index (χ4v) is 2.66. The summed E-state index contributed by atoms with van der Waals surface area (Å²) in [7, 11) is -3.69. The molecule has 1 amide bonds. The molecule has 8 nitrogen and oxygen atoms in total. The lowest BCUT2D eigenvalue weighted by atomic mass is 10.1. The largest absolute Gasteiger partial charge is 0.370 e. The zero-order valence-electron chi connectivity index (χ0n) is 14.8. The molecule has 2 rings (SSSR count). The minimum Gasteiger partial charge on any atom is -0.370 e. The molecule has 1 heterocycles. The third-order valence-electron chi connectivity index (χ3n) is 3.54. The molecular weight excluding hydrogens is 354 g/mol. The molecule has 2 aromatic rings. The molecular formula is C17H23N5O3S. The van der Waals surface area contributed by atoms with E-state index >= 15 is 0 Å². The molecule has 0 spiro atoms. The van der Waals surface area contributed by atoms with E-state index in [2.05, 4.69) is 34.4 Å². The van der Waals surface area contributed by atoms with Crippen LogP contribution in [-0.4, -0.2) is 37.4 Å². The van der Waals surface area contributed by atoms with Crippen molar-refractivity contribution in [3.63, 3.8) is 0 Å². The molecule has 0 atom stereocenters. The van der Waals surface area contributed by atoms with Crippen LogP contribution in [0.4, 0.5) is 5.82 Å². The van der Waals surface area contributed by atoms with Gasteiger partial charge in [-0.25, -0.2) is 23.5 Å². The number of nitrogens with zero attached hydrogens (tertiary/aromatic N) is 2. The maximum Gasteiger partial charge on any atom is 0.270 e. The third-order valence-corrected chi connectivity index (χ3v) is 4.47. The van der Waals surface area contributed by atoms with Crippen molar-refractivity contribution in [1.29, 1.82) is 0 Å². The average molecular weight is 377 g/mol. The summed E-state index contributed by atoms with van der Waals surface area (Å²) < 4.78 is 22.4. The minimum atomic E-state index is -3.69. The number of amides is 1. The van der Waals surface area contributed by atoms with Gasteiger partial charge in [0.2, 0.25) is 10.0 Å². The summed E-state index contributed by atoms with van der Waals surface area (Å²) in [6.45, 7) is 5.31. The summed E-state index contributed by atoms with van der Waals surface area (Å²) in [5, 5.41) is 11.0. The Morgan fingerprint density at radius 2 is 1.88 bits per heavy atom. The van der Waals surface area contributed by atoms with Gasteiger partial charge in [-0.3, -0.25) is 4.79 Å². The maximum atomic E-state index is 12.2. The van der Waals surface area contributed by atoms with E-state index in [1.54, 1.807) is 18.2 Å². The third kappa shape index (κ3) is 6.08. The van der Waals surface area contributed by atoms with Gasteiger partial charge in [0.1, 0.15) is 17.8 Å². The SMILES string of the molecule is CC(C)CNc1cc(C(=O)NCCc2ccc(S(N)(=O)=O)cc2)ncn1. The molecule has 0 saturated heterocycles. The first-order valence-corrected chi connectivity index (χ1v) is 9.76. The zero-order valence-corrected chi connectivity index (χ0v) is 15.6. The number of nitrogens with one attached hydrogen (secondary N) is 2. The van der Waals surface area contributed by atoms with Crippen LogP contribution in [0.1, 0.15) is 29.9 Å². The Morgan fingerprint density at radius 3 is 2.50 bits per heavy atom. The van der Waals surface area contributed by atoms with Crippen molar-refractivity contribution in [2.24, 2.45) is 11.1 Å². The average Bonchev–Trinajstić information content (AvgIpc) is 2.60. The standard InChI is InChI=1S/C17H23N5O3S/c1-12(2)10-20-16-9-15(21-11-22-16)17(23)19-8-7-13-3-5-14(6-4-13)26(18,24)25/h3-6,9,11-12H,7-8,10H2,1-2H3,(H,19,23)(H2,18,24,25)(H,20,21,22). The van der Waals surface area contributed by atoms with E-state index in [1.165, 1.54) is 18.5 Å². The van der Waals surface area contributed by atoms with Gasteiger partial charge in [-0.15, -0.1) is 0 Å². The molecule has 1 aromatic carbocycles. The molecule has 0 aliphatic rings. The van der Waals surface area contributed by atoms with E-state index in [9.17, 15) is 13.2 Å². The molecule has 1 aromatic heterocycles. The van der Waals surface area contributed by atoms with Crippen LogP contribution in [-0.2, 0) is 16.4 Å². The van der Waals surface area contributed by atoms with Crippen molar-refractivity contribution in [2.45, 2.75) is 25.2 Å². The molecule has 0 radical (unpaired) electrons. The fraction of sp³-hybridized carbons (Fsp3) is 0.353. The number of primary sulfonamides is 1. The summed E-state index contributed by atoms with van der Waals surface area (Å²) in [6.07, 6.45) is 1.91. The Bertz CT molecular complexity index is 851. The molecule has 0 unspecified atom stereocenters. The maximum absolute atomic E-state index is 12.2. The number of benzene rings is 1. The molecule has 0 aliphatic heterocycles. The predicted octanol–water partition coefficient (Wildman–Crippen LogP) is 1.16. The van der Waals surface area contributed by atoms with E-state index in [4.69, 9.17) is 5.14 Å².